The fourth-order valence-corrected chi connectivity index (χ4v) is 3.38. The van der Waals surface area contributed by atoms with Gasteiger partial charge in [0.1, 0.15) is 6.04 Å². The van der Waals surface area contributed by atoms with E-state index in [4.69, 9.17) is 11.6 Å². The molecule has 0 fully saturated rings. The fourth-order valence-electron chi connectivity index (χ4n) is 3.21. The van der Waals surface area contributed by atoms with Gasteiger partial charge < -0.3 is 5.32 Å². The number of amides is 1. The minimum absolute atomic E-state index is 0.0225. The third-order valence-electron chi connectivity index (χ3n) is 5.08. The van der Waals surface area contributed by atoms with Crippen molar-refractivity contribution in [1.82, 2.24) is 14.5 Å². The first-order valence-electron chi connectivity index (χ1n) is 9.62. The molecule has 152 valence electrons. The number of hydrogen-bond donors (Lipinski definition) is 1. The Morgan fingerprint density at radius 3 is 2.45 bits per heavy atom. The summed E-state index contributed by atoms with van der Waals surface area (Å²) in [4.78, 5) is 39.1. The second kappa shape index (κ2) is 8.66. The lowest BCUT2D eigenvalue weighted by Crippen LogP contribution is -2.45. The molecule has 29 heavy (non-hydrogen) atoms. The molecule has 0 spiro atoms. The van der Waals surface area contributed by atoms with Crippen LogP contribution in [0.2, 0.25) is 5.02 Å². The van der Waals surface area contributed by atoms with Crippen LogP contribution in [0.15, 0.2) is 58.1 Å². The molecule has 3 rings (SSSR count). The van der Waals surface area contributed by atoms with Gasteiger partial charge in [0, 0.05) is 11.1 Å². The van der Waals surface area contributed by atoms with E-state index in [-0.39, 0.29) is 18.5 Å². The first kappa shape index (κ1) is 20.9. The molecule has 1 amide bonds. The number of nitrogens with one attached hydrogen (secondary N) is 1. The first-order chi connectivity index (χ1) is 13.8. The Kier molecular flexibility index (Phi) is 6.23. The Bertz CT molecular complexity index is 1150. The number of benzene rings is 2. The van der Waals surface area contributed by atoms with Crippen LogP contribution in [0, 0.1) is 0 Å². The van der Waals surface area contributed by atoms with E-state index in [9.17, 15) is 14.4 Å². The van der Waals surface area contributed by atoms with Crippen LogP contribution in [0.5, 0.6) is 0 Å². The van der Waals surface area contributed by atoms with Crippen LogP contribution in [0.25, 0.3) is 10.9 Å². The van der Waals surface area contributed by atoms with E-state index >= 15 is 0 Å². The van der Waals surface area contributed by atoms with Gasteiger partial charge in [-0.2, -0.15) is 0 Å². The van der Waals surface area contributed by atoms with Crippen molar-refractivity contribution in [1.29, 1.82) is 0 Å². The Morgan fingerprint density at radius 1 is 1.10 bits per heavy atom. The monoisotopic (exact) mass is 413 g/mol. The van der Waals surface area contributed by atoms with Gasteiger partial charge in [-0.1, -0.05) is 48.9 Å². The predicted molar refractivity (Wildman–Crippen MR) is 116 cm³/mol. The van der Waals surface area contributed by atoms with E-state index in [1.54, 1.807) is 25.1 Å². The van der Waals surface area contributed by atoms with Gasteiger partial charge in [0.25, 0.3) is 5.56 Å². The number of aromatic nitrogens is 2. The zero-order valence-electron chi connectivity index (χ0n) is 16.7. The van der Waals surface area contributed by atoms with E-state index in [0.29, 0.717) is 15.9 Å². The topological polar surface area (TPSA) is 73.1 Å². The molecule has 1 N–H and O–H groups in total. The smallest absolute Gasteiger partial charge is 0.332 e. The third-order valence-corrected chi connectivity index (χ3v) is 5.32. The Balaban J connectivity index is 2.21. The summed E-state index contributed by atoms with van der Waals surface area (Å²) in [6.45, 7) is 5.64. The summed E-state index contributed by atoms with van der Waals surface area (Å²) >= 11 is 6.13. The van der Waals surface area contributed by atoms with Gasteiger partial charge in [-0.25, -0.2) is 4.79 Å². The summed E-state index contributed by atoms with van der Waals surface area (Å²) in [5.74, 6) is -0.285. The maximum Gasteiger partial charge on any atom is 0.332 e. The standard InChI is InChI=1S/C22H24ClN3O3/c1-4-14(2)24-20(27)15(3)26-19-12-17(23)10-11-18(19)21(28)25(22(26)29)13-16-8-6-5-7-9-16/h5-12,14-15H,4,13H2,1-3H3,(H,24,27). The van der Waals surface area contributed by atoms with E-state index < -0.39 is 17.3 Å². The second-order valence-electron chi connectivity index (χ2n) is 7.18. The lowest BCUT2D eigenvalue weighted by atomic mass is 10.2. The predicted octanol–water partition coefficient (Wildman–Crippen LogP) is 3.34. The van der Waals surface area contributed by atoms with Crippen LogP contribution < -0.4 is 16.6 Å². The van der Waals surface area contributed by atoms with Crippen LogP contribution in [0.4, 0.5) is 0 Å². The van der Waals surface area contributed by atoms with Crippen LogP contribution in [-0.2, 0) is 11.3 Å². The maximum atomic E-state index is 13.3. The molecule has 0 saturated carbocycles. The van der Waals surface area contributed by atoms with Crippen molar-refractivity contribution in [2.75, 3.05) is 0 Å². The molecule has 0 bridgehead atoms. The van der Waals surface area contributed by atoms with Gasteiger partial charge in [-0.3, -0.25) is 18.7 Å². The molecule has 0 aliphatic heterocycles. The van der Waals surface area contributed by atoms with Crippen molar-refractivity contribution in [2.24, 2.45) is 0 Å². The molecule has 3 aromatic rings. The molecule has 1 heterocycles. The summed E-state index contributed by atoms with van der Waals surface area (Å²) in [6.07, 6.45) is 0.771. The van der Waals surface area contributed by atoms with Crippen molar-refractivity contribution in [3.63, 3.8) is 0 Å². The molecule has 6 nitrogen and oxygen atoms in total. The summed E-state index contributed by atoms with van der Waals surface area (Å²) in [5, 5.41) is 3.63. The molecule has 0 aliphatic rings. The zero-order valence-corrected chi connectivity index (χ0v) is 17.4. The van der Waals surface area contributed by atoms with Crippen LogP contribution in [0.1, 0.15) is 38.8 Å². The van der Waals surface area contributed by atoms with Gasteiger partial charge in [-0.15, -0.1) is 0 Å². The Hall–Kier alpha value is -2.86. The fraction of sp³-hybridized carbons (Fsp3) is 0.318. The average Bonchev–Trinajstić information content (AvgIpc) is 2.71. The Morgan fingerprint density at radius 2 is 1.79 bits per heavy atom. The summed E-state index contributed by atoms with van der Waals surface area (Å²) in [6, 6.07) is 13.2. The second-order valence-corrected chi connectivity index (χ2v) is 7.62. The molecule has 2 aromatic carbocycles. The minimum Gasteiger partial charge on any atom is -0.352 e. The van der Waals surface area contributed by atoms with Crippen molar-refractivity contribution in [3.8, 4) is 0 Å². The summed E-state index contributed by atoms with van der Waals surface area (Å²) < 4.78 is 2.52. The number of rotatable bonds is 6. The number of hydrogen-bond acceptors (Lipinski definition) is 3. The lowest BCUT2D eigenvalue weighted by Gasteiger charge is -2.21. The van der Waals surface area contributed by atoms with Crippen molar-refractivity contribution >= 4 is 28.4 Å². The molecular weight excluding hydrogens is 390 g/mol. The van der Waals surface area contributed by atoms with E-state index in [0.717, 1.165) is 12.0 Å². The van der Waals surface area contributed by atoms with E-state index in [1.165, 1.54) is 9.13 Å². The average molecular weight is 414 g/mol. The number of nitrogens with zero attached hydrogens (tertiary/aromatic N) is 2. The van der Waals surface area contributed by atoms with Crippen LogP contribution >= 0.6 is 11.6 Å². The van der Waals surface area contributed by atoms with E-state index in [2.05, 4.69) is 5.32 Å². The van der Waals surface area contributed by atoms with Gasteiger partial charge in [0.2, 0.25) is 5.91 Å². The van der Waals surface area contributed by atoms with Crippen molar-refractivity contribution < 1.29 is 4.79 Å². The number of carbonyl (C=O) groups is 1. The SMILES string of the molecule is CCC(C)NC(=O)C(C)n1c(=O)n(Cc2ccccc2)c(=O)c2ccc(Cl)cc21. The van der Waals surface area contributed by atoms with Crippen molar-refractivity contribution in [2.45, 2.75) is 45.8 Å². The molecular formula is C22H24ClN3O3. The highest BCUT2D eigenvalue weighted by molar-refractivity contribution is 6.31. The Labute approximate surface area is 173 Å². The quantitative estimate of drug-likeness (QED) is 0.673. The van der Waals surface area contributed by atoms with Crippen LogP contribution in [-0.4, -0.2) is 21.1 Å². The normalized spacial score (nSPS) is 13.2. The number of fused-ring (bicyclic) bond motifs is 1. The van der Waals surface area contributed by atoms with Gasteiger partial charge in [0.15, 0.2) is 0 Å². The molecule has 2 unspecified atom stereocenters. The van der Waals surface area contributed by atoms with E-state index in [1.807, 2.05) is 44.2 Å². The number of carbonyl (C=O) groups excluding carboxylic acids is 1. The number of halogens is 1. The van der Waals surface area contributed by atoms with Crippen molar-refractivity contribution in [3.05, 3.63) is 80.0 Å². The highest BCUT2D eigenvalue weighted by atomic mass is 35.5. The minimum atomic E-state index is -0.805. The molecule has 2 atom stereocenters. The summed E-state index contributed by atoms with van der Waals surface area (Å²) in [5.41, 5.74) is 0.226. The highest BCUT2D eigenvalue weighted by Crippen LogP contribution is 2.19. The molecule has 0 radical (unpaired) electrons. The summed E-state index contributed by atoms with van der Waals surface area (Å²) in [7, 11) is 0. The zero-order chi connectivity index (χ0) is 21.1. The molecule has 0 aliphatic carbocycles. The van der Waals surface area contributed by atoms with Gasteiger partial charge in [0.05, 0.1) is 17.4 Å². The lowest BCUT2D eigenvalue weighted by molar-refractivity contribution is -0.124. The molecule has 0 saturated heterocycles. The van der Waals surface area contributed by atoms with Crippen LogP contribution in [0.3, 0.4) is 0 Å². The largest absolute Gasteiger partial charge is 0.352 e. The highest BCUT2D eigenvalue weighted by Gasteiger charge is 2.23. The first-order valence-corrected chi connectivity index (χ1v) is 10.00. The molecule has 1 aromatic heterocycles. The third kappa shape index (κ3) is 4.27. The maximum absolute atomic E-state index is 13.3. The molecule has 7 heteroatoms. The van der Waals surface area contributed by atoms with Gasteiger partial charge >= 0.3 is 5.69 Å². The van der Waals surface area contributed by atoms with Gasteiger partial charge in [-0.05, 0) is 44.0 Å².